The predicted octanol–water partition coefficient (Wildman–Crippen LogP) is 4.37. The molecule has 0 aromatic carbocycles. The highest BCUT2D eigenvalue weighted by molar-refractivity contribution is 7.20. The van der Waals surface area contributed by atoms with Gasteiger partial charge < -0.3 is 10.1 Å². The van der Waals surface area contributed by atoms with Gasteiger partial charge in [0.1, 0.15) is 0 Å². The highest BCUT2D eigenvalue weighted by Gasteiger charge is 2.42. The Morgan fingerprint density at radius 1 is 1.28 bits per heavy atom. The minimum Gasteiger partial charge on any atom is -0.375 e. The van der Waals surface area contributed by atoms with Crippen molar-refractivity contribution in [2.45, 2.75) is 39.0 Å². The number of nitrogens with one attached hydrogen (secondary N) is 1. The Labute approximate surface area is 123 Å². The Kier molecular flexibility index (Phi) is 4.61. The van der Waals surface area contributed by atoms with Gasteiger partial charge in [-0.25, -0.2) is 0 Å². The molecule has 2 nitrogen and oxygen atoms in total. The van der Waals surface area contributed by atoms with E-state index in [1.165, 1.54) is 11.3 Å². The van der Waals surface area contributed by atoms with Crippen molar-refractivity contribution in [3.8, 4) is 0 Å². The largest absolute Gasteiger partial charge is 0.375 e. The van der Waals surface area contributed by atoms with Crippen molar-refractivity contribution >= 4 is 34.5 Å². The van der Waals surface area contributed by atoms with Gasteiger partial charge in [0.05, 0.1) is 20.9 Å². The van der Waals surface area contributed by atoms with Crippen LogP contribution < -0.4 is 5.32 Å². The molecule has 5 atom stereocenters. The minimum absolute atomic E-state index is 0.191. The SMILES string of the molecule is CNC(c1cc(Cl)sc1Cl)C1C(C)OC(C)C1C. The average molecular weight is 308 g/mol. The van der Waals surface area contributed by atoms with Crippen molar-refractivity contribution in [2.24, 2.45) is 11.8 Å². The van der Waals surface area contributed by atoms with Gasteiger partial charge in [0.25, 0.3) is 0 Å². The van der Waals surface area contributed by atoms with E-state index in [-0.39, 0.29) is 18.2 Å². The van der Waals surface area contributed by atoms with Crippen LogP contribution in [0.2, 0.25) is 8.67 Å². The van der Waals surface area contributed by atoms with Gasteiger partial charge in [-0.3, -0.25) is 0 Å². The molecule has 1 fully saturated rings. The van der Waals surface area contributed by atoms with E-state index in [0.29, 0.717) is 11.8 Å². The Morgan fingerprint density at radius 2 is 1.94 bits per heavy atom. The fraction of sp³-hybridized carbons (Fsp3) is 0.692. The standard InChI is InChI=1S/C13H19Cl2NOS/c1-6-7(2)17-8(3)11(6)12(16-4)9-5-10(14)18-13(9)15/h5-8,11-12,16H,1-4H3. The first-order valence-electron chi connectivity index (χ1n) is 6.23. The molecule has 5 heteroatoms. The summed E-state index contributed by atoms with van der Waals surface area (Å²) in [6, 6.07) is 2.16. The van der Waals surface area contributed by atoms with Gasteiger partial charge in [0.2, 0.25) is 0 Å². The lowest BCUT2D eigenvalue weighted by molar-refractivity contribution is 0.0478. The second-order valence-corrected chi connectivity index (χ2v) is 7.31. The lowest BCUT2D eigenvalue weighted by Crippen LogP contribution is -2.32. The maximum absolute atomic E-state index is 6.28. The van der Waals surface area contributed by atoms with Crippen LogP contribution >= 0.6 is 34.5 Å². The lowest BCUT2D eigenvalue weighted by atomic mass is 9.81. The molecule has 0 saturated carbocycles. The van der Waals surface area contributed by atoms with E-state index in [0.717, 1.165) is 14.2 Å². The van der Waals surface area contributed by atoms with Crippen molar-refractivity contribution < 1.29 is 4.74 Å². The molecule has 5 unspecified atom stereocenters. The van der Waals surface area contributed by atoms with Crippen LogP contribution in [0.25, 0.3) is 0 Å². The van der Waals surface area contributed by atoms with Gasteiger partial charge >= 0.3 is 0 Å². The first-order valence-corrected chi connectivity index (χ1v) is 7.80. The zero-order valence-electron chi connectivity index (χ0n) is 11.0. The van der Waals surface area contributed by atoms with Crippen molar-refractivity contribution in [3.05, 3.63) is 20.3 Å². The van der Waals surface area contributed by atoms with Gasteiger partial charge in [0, 0.05) is 17.5 Å². The maximum atomic E-state index is 6.28. The van der Waals surface area contributed by atoms with Gasteiger partial charge in [0.15, 0.2) is 0 Å². The molecule has 1 N–H and O–H groups in total. The average Bonchev–Trinajstić information content (AvgIpc) is 2.74. The minimum atomic E-state index is 0.191. The molecule has 1 aliphatic rings. The van der Waals surface area contributed by atoms with Gasteiger partial charge in [-0.15, -0.1) is 11.3 Å². The van der Waals surface area contributed by atoms with Crippen molar-refractivity contribution in [3.63, 3.8) is 0 Å². The molecule has 0 radical (unpaired) electrons. The molecule has 1 saturated heterocycles. The van der Waals surface area contributed by atoms with Crippen LogP contribution in [0, 0.1) is 11.8 Å². The summed E-state index contributed by atoms with van der Waals surface area (Å²) < 4.78 is 7.44. The summed E-state index contributed by atoms with van der Waals surface area (Å²) in [5, 5.41) is 3.38. The fourth-order valence-electron chi connectivity index (χ4n) is 2.99. The third-order valence-electron chi connectivity index (χ3n) is 4.03. The Balaban J connectivity index is 2.31. The first kappa shape index (κ1) is 14.6. The van der Waals surface area contributed by atoms with E-state index in [1.807, 2.05) is 13.1 Å². The van der Waals surface area contributed by atoms with Crippen LogP contribution in [0.15, 0.2) is 6.07 Å². The summed E-state index contributed by atoms with van der Waals surface area (Å²) in [6.07, 6.45) is 0.510. The fourth-order valence-corrected chi connectivity index (χ4v) is 4.54. The quantitative estimate of drug-likeness (QED) is 0.895. The topological polar surface area (TPSA) is 21.3 Å². The third kappa shape index (κ3) is 2.56. The number of hydrogen-bond acceptors (Lipinski definition) is 3. The number of rotatable bonds is 3. The molecule has 0 amide bonds. The van der Waals surface area contributed by atoms with Crippen LogP contribution in [0.3, 0.4) is 0 Å². The summed E-state index contributed by atoms with van der Waals surface area (Å²) in [7, 11) is 1.97. The molecule has 0 bridgehead atoms. The van der Waals surface area contributed by atoms with E-state index >= 15 is 0 Å². The van der Waals surface area contributed by atoms with Gasteiger partial charge in [-0.2, -0.15) is 0 Å². The molecule has 1 aliphatic heterocycles. The summed E-state index contributed by atoms with van der Waals surface area (Å²) in [6.45, 7) is 6.51. The van der Waals surface area contributed by atoms with Crippen LogP contribution in [0.5, 0.6) is 0 Å². The molecule has 0 spiro atoms. The highest BCUT2D eigenvalue weighted by atomic mass is 35.5. The number of halogens is 2. The smallest absolute Gasteiger partial charge is 0.0992 e. The monoisotopic (exact) mass is 307 g/mol. The van der Waals surface area contributed by atoms with Crippen LogP contribution in [0.4, 0.5) is 0 Å². The molecule has 102 valence electrons. The summed E-state index contributed by atoms with van der Waals surface area (Å²) in [4.78, 5) is 0. The van der Waals surface area contributed by atoms with E-state index in [9.17, 15) is 0 Å². The first-order chi connectivity index (χ1) is 8.45. The van der Waals surface area contributed by atoms with Gasteiger partial charge in [-0.1, -0.05) is 30.1 Å². The highest BCUT2D eigenvalue weighted by Crippen LogP contribution is 2.44. The van der Waals surface area contributed by atoms with Crippen molar-refractivity contribution in [1.82, 2.24) is 5.32 Å². The Hall–Kier alpha value is 0.200. The molecule has 1 aromatic rings. The van der Waals surface area contributed by atoms with Crippen molar-refractivity contribution in [2.75, 3.05) is 7.05 Å². The summed E-state index contributed by atoms with van der Waals surface area (Å²) >= 11 is 13.8. The Bertz CT molecular complexity index is 423. The normalized spacial score (nSPS) is 33.9. The lowest BCUT2D eigenvalue weighted by Gasteiger charge is -2.28. The zero-order chi connectivity index (χ0) is 13.4. The third-order valence-corrected chi connectivity index (χ3v) is 5.55. The number of thiophene rings is 1. The van der Waals surface area contributed by atoms with Crippen molar-refractivity contribution in [1.29, 1.82) is 0 Å². The number of ether oxygens (including phenoxy) is 1. The summed E-state index contributed by atoms with van der Waals surface area (Å²) in [5.74, 6) is 0.903. The van der Waals surface area contributed by atoms with E-state index < -0.39 is 0 Å². The molecule has 1 aromatic heterocycles. The Morgan fingerprint density at radius 3 is 2.33 bits per heavy atom. The van der Waals surface area contributed by atoms with E-state index in [2.05, 4.69) is 26.1 Å². The zero-order valence-corrected chi connectivity index (χ0v) is 13.4. The van der Waals surface area contributed by atoms with E-state index in [4.69, 9.17) is 27.9 Å². The van der Waals surface area contributed by atoms with Crippen LogP contribution in [-0.2, 0) is 4.74 Å². The van der Waals surface area contributed by atoms with E-state index in [1.54, 1.807) is 0 Å². The predicted molar refractivity (Wildman–Crippen MR) is 78.8 cm³/mol. The van der Waals surface area contributed by atoms with Gasteiger partial charge in [-0.05, 0) is 32.9 Å². The summed E-state index contributed by atoms with van der Waals surface area (Å²) in [5.41, 5.74) is 1.09. The van der Waals surface area contributed by atoms with Crippen LogP contribution in [-0.4, -0.2) is 19.3 Å². The second-order valence-electron chi connectivity index (χ2n) is 5.03. The molecule has 2 rings (SSSR count). The number of hydrogen-bond donors (Lipinski definition) is 1. The molecule has 18 heavy (non-hydrogen) atoms. The molecular weight excluding hydrogens is 289 g/mol. The second kappa shape index (κ2) is 5.68. The molecular formula is C13H19Cl2NOS. The molecule has 0 aliphatic carbocycles. The van der Waals surface area contributed by atoms with Crippen LogP contribution in [0.1, 0.15) is 32.4 Å². The maximum Gasteiger partial charge on any atom is 0.0992 e. The molecule has 2 heterocycles.